The fourth-order valence-corrected chi connectivity index (χ4v) is 13.1. The molecule has 67 heavy (non-hydrogen) atoms. The van der Waals surface area contributed by atoms with Crippen LogP contribution in [0, 0.1) is 0 Å². The summed E-state index contributed by atoms with van der Waals surface area (Å²) in [6.07, 6.45) is 0. The lowest BCUT2D eigenvalue weighted by Crippen LogP contribution is -2.26. The normalized spacial score (nSPS) is 14.9. The Morgan fingerprint density at radius 1 is 0.358 bits per heavy atom. The topological polar surface area (TPSA) is 13.1 Å². The minimum absolute atomic E-state index is 0.0821. The van der Waals surface area contributed by atoms with Crippen molar-refractivity contribution in [1.82, 2.24) is 0 Å². The molecule has 0 amide bonds. The second-order valence-electron chi connectivity index (χ2n) is 21.2. The van der Waals surface area contributed by atoms with Gasteiger partial charge in [0.1, 0.15) is 11.2 Å². The average molecular weight is 855 g/mol. The molecule has 0 unspecified atom stereocenters. The van der Waals surface area contributed by atoms with Crippen molar-refractivity contribution in [1.29, 1.82) is 0 Å². The van der Waals surface area contributed by atoms with E-state index in [1.165, 1.54) is 127 Å². The van der Waals surface area contributed by atoms with Crippen LogP contribution >= 0.6 is 0 Å². The number of benzene rings is 11. The van der Waals surface area contributed by atoms with Gasteiger partial charge >= 0.3 is 0 Å². The first-order chi connectivity index (χ1) is 32.6. The van der Waals surface area contributed by atoms with Crippen LogP contribution in [0.2, 0.25) is 0 Å². The standard InChI is InChI=1S/C66H46O/c1-64(2,3)44-30-41-18-19-43-36-58-63(51-28-23-42(31-44)61(41)62(43)51)50-27-22-38(33-55(50)65(58,4)5)40-21-26-48-47-25-20-39(37-24-29-60-52(32-37)49-14-8-11-17-59(49)67-60)34-56(47)66(57(48)35-40)53-15-9-6-12-45(53)46-13-7-10-16-54(46)66/h6-36H,1-5H3. The van der Waals surface area contributed by atoms with Gasteiger partial charge in [0.05, 0.1) is 5.41 Å². The van der Waals surface area contributed by atoms with Crippen LogP contribution < -0.4 is 0 Å². The molecule has 12 aromatic rings. The van der Waals surface area contributed by atoms with Crippen molar-refractivity contribution in [2.24, 2.45) is 0 Å². The highest BCUT2D eigenvalue weighted by Crippen LogP contribution is 2.64. The lowest BCUT2D eigenvalue weighted by Gasteiger charge is -2.31. The van der Waals surface area contributed by atoms with E-state index in [1.54, 1.807) is 0 Å². The van der Waals surface area contributed by atoms with Gasteiger partial charge in [0.25, 0.3) is 0 Å². The molecule has 0 radical (unpaired) electrons. The first-order valence-electron chi connectivity index (χ1n) is 23.9. The van der Waals surface area contributed by atoms with E-state index in [1.807, 2.05) is 6.07 Å². The highest BCUT2D eigenvalue weighted by Gasteiger charge is 2.52. The molecule has 1 nitrogen and oxygen atoms in total. The molecule has 0 saturated heterocycles. The summed E-state index contributed by atoms with van der Waals surface area (Å²) in [6, 6.07) is 72.0. The maximum Gasteiger partial charge on any atom is 0.135 e. The Bertz CT molecular complexity index is 4100. The zero-order valence-corrected chi connectivity index (χ0v) is 38.3. The average Bonchev–Trinajstić information content (AvgIpc) is 4.03. The molecule has 11 aromatic carbocycles. The first-order valence-corrected chi connectivity index (χ1v) is 23.9. The van der Waals surface area contributed by atoms with Crippen LogP contribution in [-0.4, -0.2) is 0 Å². The molecule has 1 spiro atoms. The molecule has 3 aliphatic carbocycles. The second kappa shape index (κ2) is 12.6. The maximum absolute atomic E-state index is 6.27. The number of furan rings is 1. The summed E-state index contributed by atoms with van der Waals surface area (Å²) < 4.78 is 6.27. The van der Waals surface area contributed by atoms with Gasteiger partial charge in [0, 0.05) is 16.2 Å². The van der Waals surface area contributed by atoms with E-state index in [2.05, 4.69) is 217 Å². The van der Waals surface area contributed by atoms with Crippen LogP contribution in [0.3, 0.4) is 0 Å². The molecule has 3 aliphatic rings. The number of rotatable bonds is 2. The van der Waals surface area contributed by atoms with E-state index in [-0.39, 0.29) is 10.8 Å². The SMILES string of the molecule is CC(C)(C)c1cc2ccc3cc4c(c5ccc(c1)c2c35)-c1ccc(-c2ccc3c(c2)C2(c5ccccc5-c5ccccc52)c2cc(-c5ccc6oc7ccccc7c6c5)ccc2-3)cc1C4(C)C. The van der Waals surface area contributed by atoms with E-state index in [4.69, 9.17) is 4.42 Å². The maximum atomic E-state index is 6.27. The summed E-state index contributed by atoms with van der Waals surface area (Å²) in [4.78, 5) is 0. The molecule has 0 atom stereocenters. The Labute approximate surface area is 390 Å². The van der Waals surface area contributed by atoms with Gasteiger partial charge in [-0.05, 0) is 175 Å². The molecule has 1 heterocycles. The number of hydrogen-bond acceptors (Lipinski definition) is 1. The number of hydrogen-bond donors (Lipinski definition) is 0. The third-order valence-corrected chi connectivity index (χ3v) is 16.4. The largest absolute Gasteiger partial charge is 0.456 e. The van der Waals surface area contributed by atoms with Gasteiger partial charge in [0.2, 0.25) is 0 Å². The molecule has 15 rings (SSSR count). The van der Waals surface area contributed by atoms with Gasteiger partial charge < -0.3 is 4.42 Å². The Hall–Kier alpha value is -7.74. The Morgan fingerprint density at radius 2 is 0.866 bits per heavy atom. The van der Waals surface area contributed by atoms with Crippen molar-refractivity contribution in [2.45, 2.75) is 50.9 Å². The van der Waals surface area contributed by atoms with Gasteiger partial charge in [-0.15, -0.1) is 0 Å². The highest BCUT2D eigenvalue weighted by molar-refractivity contribution is 6.27. The van der Waals surface area contributed by atoms with Crippen molar-refractivity contribution in [3.8, 4) is 55.6 Å². The third kappa shape index (κ3) is 4.74. The third-order valence-electron chi connectivity index (χ3n) is 16.4. The van der Waals surface area contributed by atoms with Gasteiger partial charge in [-0.25, -0.2) is 0 Å². The minimum Gasteiger partial charge on any atom is -0.456 e. The summed E-state index contributed by atoms with van der Waals surface area (Å²) in [7, 11) is 0. The summed E-state index contributed by atoms with van der Waals surface area (Å²) in [5.41, 5.74) is 23.8. The molecule has 0 N–H and O–H groups in total. The van der Waals surface area contributed by atoms with Gasteiger partial charge in [-0.2, -0.15) is 0 Å². The van der Waals surface area contributed by atoms with Crippen LogP contribution in [0.25, 0.3) is 110 Å². The molecule has 1 heteroatoms. The summed E-state index contributed by atoms with van der Waals surface area (Å²) in [5.74, 6) is 0. The summed E-state index contributed by atoms with van der Waals surface area (Å²) >= 11 is 0. The van der Waals surface area contributed by atoms with Crippen LogP contribution in [-0.2, 0) is 16.2 Å². The minimum atomic E-state index is -0.479. The smallest absolute Gasteiger partial charge is 0.135 e. The number of para-hydroxylation sites is 1. The lowest BCUT2D eigenvalue weighted by atomic mass is 9.70. The van der Waals surface area contributed by atoms with Crippen molar-refractivity contribution < 1.29 is 4.42 Å². The molecular weight excluding hydrogens is 809 g/mol. The highest BCUT2D eigenvalue weighted by atomic mass is 16.3. The molecule has 316 valence electrons. The summed E-state index contributed by atoms with van der Waals surface area (Å²) in [6.45, 7) is 11.8. The van der Waals surface area contributed by atoms with E-state index in [9.17, 15) is 0 Å². The Morgan fingerprint density at radius 3 is 1.52 bits per heavy atom. The number of fused-ring (bicyclic) bond motifs is 17. The zero-order chi connectivity index (χ0) is 44.7. The summed E-state index contributed by atoms with van der Waals surface area (Å²) in [5, 5.41) is 10.4. The zero-order valence-electron chi connectivity index (χ0n) is 38.3. The Kier molecular flexibility index (Phi) is 7.03. The van der Waals surface area contributed by atoms with Crippen molar-refractivity contribution >= 4 is 54.3 Å². The predicted octanol–water partition coefficient (Wildman–Crippen LogP) is 17.8. The Balaban J connectivity index is 0.914. The molecule has 1 aromatic heterocycles. The lowest BCUT2D eigenvalue weighted by molar-refractivity contribution is 0.591. The molecule has 0 saturated carbocycles. The van der Waals surface area contributed by atoms with Crippen molar-refractivity contribution in [3.63, 3.8) is 0 Å². The van der Waals surface area contributed by atoms with Crippen LogP contribution in [0.4, 0.5) is 0 Å². The quantitative estimate of drug-likeness (QED) is 0.158. The van der Waals surface area contributed by atoms with E-state index < -0.39 is 5.41 Å². The molecular formula is C66H46O. The fourth-order valence-electron chi connectivity index (χ4n) is 13.1. The van der Waals surface area contributed by atoms with E-state index in [0.717, 1.165) is 21.9 Å². The molecule has 0 aliphatic heterocycles. The predicted molar refractivity (Wildman–Crippen MR) is 281 cm³/mol. The van der Waals surface area contributed by atoms with Crippen molar-refractivity contribution in [2.75, 3.05) is 0 Å². The van der Waals surface area contributed by atoms with Crippen LogP contribution in [0.5, 0.6) is 0 Å². The van der Waals surface area contributed by atoms with Gasteiger partial charge in [-0.1, -0.05) is 180 Å². The monoisotopic (exact) mass is 854 g/mol. The fraction of sp³-hybridized carbons (Fsp3) is 0.121. The van der Waals surface area contributed by atoms with Crippen molar-refractivity contribution in [3.05, 3.63) is 227 Å². The molecule has 0 fully saturated rings. The van der Waals surface area contributed by atoms with E-state index in [0.29, 0.717) is 0 Å². The molecule has 0 bridgehead atoms. The van der Waals surface area contributed by atoms with Crippen LogP contribution in [0.1, 0.15) is 73.6 Å². The first kappa shape index (κ1) is 37.5. The van der Waals surface area contributed by atoms with E-state index >= 15 is 0 Å². The van der Waals surface area contributed by atoms with Gasteiger partial charge in [0.15, 0.2) is 0 Å². The van der Waals surface area contributed by atoms with Gasteiger partial charge in [-0.3, -0.25) is 0 Å². The van der Waals surface area contributed by atoms with Crippen LogP contribution in [0.15, 0.2) is 192 Å². The second-order valence-corrected chi connectivity index (χ2v) is 21.2.